The molecule has 3 unspecified atom stereocenters. The smallest absolute Gasteiger partial charge is 0.238 e. The number of hydrogen-bond acceptors (Lipinski definition) is 4. The van der Waals surface area contributed by atoms with E-state index >= 15 is 0 Å². The molecule has 1 N–H and O–H groups in total. The Balaban J connectivity index is 1.75. The number of pyridine rings is 1. The van der Waals surface area contributed by atoms with Crippen LogP contribution in [0.25, 0.3) is 0 Å². The highest BCUT2D eigenvalue weighted by molar-refractivity contribution is 7.93. The lowest BCUT2D eigenvalue weighted by atomic mass is 9.71. The number of aromatic nitrogens is 1. The topological polar surface area (TPSA) is 70.5 Å². The van der Waals surface area contributed by atoms with Crippen molar-refractivity contribution in [3.8, 4) is 5.75 Å². The number of phenolic OH excluding ortho intramolecular Hbond substituents is 1. The van der Waals surface area contributed by atoms with Gasteiger partial charge in [0.15, 0.2) is 0 Å². The molecular weight excluding hydrogens is 468 g/mol. The zero-order valence-corrected chi connectivity index (χ0v) is 23.7. The predicted octanol–water partition coefficient (Wildman–Crippen LogP) is 7.08. The first-order valence-corrected chi connectivity index (χ1v) is 15.1. The van der Waals surface area contributed by atoms with Gasteiger partial charge in [0.05, 0.1) is 23.7 Å². The quantitative estimate of drug-likeness (QED) is 0.465. The molecule has 2 aliphatic rings. The minimum atomic E-state index is -3.60. The minimum Gasteiger partial charge on any atom is -0.507 e. The molecule has 1 aromatic heterocycles. The lowest BCUT2D eigenvalue weighted by Crippen LogP contribution is -2.43. The second-order valence-corrected chi connectivity index (χ2v) is 15.2. The Morgan fingerprint density at radius 2 is 1.56 bits per heavy atom. The van der Waals surface area contributed by atoms with E-state index in [9.17, 15) is 13.5 Å². The Labute approximate surface area is 218 Å². The van der Waals surface area contributed by atoms with Crippen molar-refractivity contribution in [3.63, 3.8) is 0 Å². The molecule has 0 aliphatic heterocycles. The Bertz CT molecular complexity index is 1130. The summed E-state index contributed by atoms with van der Waals surface area (Å²) >= 11 is 0. The maximum absolute atomic E-state index is 14.2. The molecule has 2 fully saturated rings. The number of nitrogens with zero attached hydrogens (tertiary/aromatic N) is 2. The van der Waals surface area contributed by atoms with Crippen molar-refractivity contribution in [1.29, 1.82) is 0 Å². The lowest BCUT2D eigenvalue weighted by molar-refractivity contribution is 0.172. The van der Waals surface area contributed by atoms with E-state index in [4.69, 9.17) is 0 Å². The zero-order valence-electron chi connectivity index (χ0n) is 22.9. The Morgan fingerprint density at radius 1 is 0.944 bits per heavy atom. The van der Waals surface area contributed by atoms with Gasteiger partial charge in [0.25, 0.3) is 0 Å². The first-order valence-electron chi connectivity index (χ1n) is 13.6. The summed E-state index contributed by atoms with van der Waals surface area (Å²) in [5.74, 6) is 1.53. The van der Waals surface area contributed by atoms with Crippen molar-refractivity contribution < 1.29 is 13.5 Å². The van der Waals surface area contributed by atoms with Crippen LogP contribution in [0.3, 0.4) is 0 Å². The molecule has 1 heterocycles. The standard InChI is InChI=1S/C30H44N2O3S/c1-29(2,3)26-16-21(17-27(28(26)33)30(4,5)6)20-32(24-12-9-15-31-19-24)36(34,35)25-14-13-22-10-7-8-11-23(22)18-25/h9,12,15-17,19,22-23,25,33H,7-8,10-11,13-14,18,20H2,1-6H3. The number of aromatic hydroxyl groups is 1. The third kappa shape index (κ3) is 5.58. The van der Waals surface area contributed by atoms with Crippen LogP contribution in [0, 0.1) is 11.8 Å². The van der Waals surface area contributed by atoms with Gasteiger partial charge in [-0.3, -0.25) is 9.29 Å². The molecule has 0 bridgehead atoms. The number of rotatable bonds is 5. The van der Waals surface area contributed by atoms with E-state index < -0.39 is 10.0 Å². The summed E-state index contributed by atoms with van der Waals surface area (Å²) in [5, 5.41) is 10.8. The Morgan fingerprint density at radius 3 is 2.11 bits per heavy atom. The predicted molar refractivity (Wildman–Crippen MR) is 148 cm³/mol. The van der Waals surface area contributed by atoms with Gasteiger partial charge in [0, 0.05) is 6.20 Å². The summed E-state index contributed by atoms with van der Waals surface area (Å²) in [6, 6.07) is 7.61. The van der Waals surface area contributed by atoms with E-state index in [1.165, 1.54) is 19.3 Å². The van der Waals surface area contributed by atoms with Crippen LogP contribution in [0.1, 0.15) is 103 Å². The second-order valence-electron chi connectivity index (χ2n) is 13.0. The number of anilines is 1. The first-order chi connectivity index (χ1) is 16.8. The van der Waals surface area contributed by atoms with Crippen molar-refractivity contribution in [2.45, 2.75) is 109 Å². The van der Waals surface area contributed by atoms with Crippen molar-refractivity contribution in [1.82, 2.24) is 4.98 Å². The van der Waals surface area contributed by atoms with Crippen LogP contribution in [0.4, 0.5) is 5.69 Å². The molecule has 2 aromatic rings. The van der Waals surface area contributed by atoms with Gasteiger partial charge in [-0.2, -0.15) is 0 Å². The van der Waals surface area contributed by atoms with Crippen LogP contribution in [0.15, 0.2) is 36.7 Å². The Kier molecular flexibility index (Phi) is 7.49. The van der Waals surface area contributed by atoms with Crippen LogP contribution >= 0.6 is 0 Å². The molecule has 6 heteroatoms. The van der Waals surface area contributed by atoms with Gasteiger partial charge >= 0.3 is 0 Å². The van der Waals surface area contributed by atoms with E-state index in [0.717, 1.165) is 42.4 Å². The van der Waals surface area contributed by atoms with E-state index in [1.54, 1.807) is 22.8 Å². The number of hydrogen-bond donors (Lipinski definition) is 1. The number of benzene rings is 1. The fraction of sp³-hybridized carbons (Fsp3) is 0.633. The van der Waals surface area contributed by atoms with E-state index in [1.807, 2.05) is 18.2 Å². The highest BCUT2D eigenvalue weighted by Gasteiger charge is 2.41. The number of phenols is 1. The fourth-order valence-corrected chi connectivity index (χ4v) is 8.22. The van der Waals surface area contributed by atoms with E-state index in [-0.39, 0.29) is 22.6 Å². The van der Waals surface area contributed by atoms with Gasteiger partial charge in [0.1, 0.15) is 5.75 Å². The molecule has 4 rings (SSSR count). The highest BCUT2D eigenvalue weighted by atomic mass is 32.2. The fourth-order valence-electron chi connectivity index (χ4n) is 6.21. The summed E-state index contributed by atoms with van der Waals surface area (Å²) in [6.45, 7) is 12.7. The van der Waals surface area contributed by atoms with Gasteiger partial charge in [0.2, 0.25) is 10.0 Å². The average molecular weight is 513 g/mol. The molecule has 3 atom stereocenters. The van der Waals surface area contributed by atoms with Crippen molar-refractivity contribution in [3.05, 3.63) is 53.3 Å². The average Bonchev–Trinajstić information content (AvgIpc) is 2.82. The highest BCUT2D eigenvalue weighted by Crippen LogP contribution is 2.44. The molecule has 0 amide bonds. The van der Waals surface area contributed by atoms with E-state index in [0.29, 0.717) is 23.3 Å². The monoisotopic (exact) mass is 512 g/mol. The van der Waals surface area contributed by atoms with Gasteiger partial charge < -0.3 is 5.11 Å². The van der Waals surface area contributed by atoms with Crippen LogP contribution < -0.4 is 4.31 Å². The second kappa shape index (κ2) is 10.00. The van der Waals surface area contributed by atoms with E-state index in [2.05, 4.69) is 46.5 Å². The maximum atomic E-state index is 14.2. The molecule has 2 saturated carbocycles. The largest absolute Gasteiger partial charge is 0.507 e. The maximum Gasteiger partial charge on any atom is 0.238 e. The third-order valence-corrected chi connectivity index (χ3v) is 10.5. The number of fused-ring (bicyclic) bond motifs is 1. The van der Waals surface area contributed by atoms with Crippen molar-refractivity contribution in [2.24, 2.45) is 11.8 Å². The first kappa shape index (κ1) is 27.0. The van der Waals surface area contributed by atoms with Crippen molar-refractivity contribution in [2.75, 3.05) is 4.31 Å². The molecule has 2 aliphatic carbocycles. The van der Waals surface area contributed by atoms with Crippen LogP contribution in [-0.2, 0) is 27.4 Å². The lowest BCUT2D eigenvalue weighted by Gasteiger charge is -2.40. The van der Waals surface area contributed by atoms with Gasteiger partial charge in [-0.25, -0.2) is 8.42 Å². The summed E-state index contributed by atoms with van der Waals surface area (Å²) in [7, 11) is -3.60. The van der Waals surface area contributed by atoms with Gasteiger partial charge in [-0.15, -0.1) is 0 Å². The molecule has 36 heavy (non-hydrogen) atoms. The van der Waals surface area contributed by atoms with Gasteiger partial charge in [-0.05, 0) is 82.9 Å². The van der Waals surface area contributed by atoms with Gasteiger partial charge in [-0.1, -0.05) is 67.2 Å². The third-order valence-electron chi connectivity index (χ3n) is 8.27. The molecule has 5 nitrogen and oxygen atoms in total. The zero-order chi connectivity index (χ0) is 26.3. The molecule has 0 radical (unpaired) electrons. The summed E-state index contributed by atoms with van der Waals surface area (Å²) < 4.78 is 30.1. The van der Waals surface area contributed by atoms with Crippen LogP contribution in [0.2, 0.25) is 0 Å². The summed E-state index contributed by atoms with van der Waals surface area (Å²) in [5.41, 5.74) is 2.62. The van der Waals surface area contributed by atoms with Crippen molar-refractivity contribution >= 4 is 15.7 Å². The van der Waals surface area contributed by atoms with Crippen LogP contribution in [0.5, 0.6) is 5.75 Å². The molecule has 0 spiro atoms. The number of sulfonamides is 1. The summed E-state index contributed by atoms with van der Waals surface area (Å²) in [6.07, 6.45) is 10.8. The van der Waals surface area contributed by atoms with Crippen LogP contribution in [-0.4, -0.2) is 23.8 Å². The normalized spacial score (nSPS) is 23.2. The molecular formula is C30H44N2O3S. The molecule has 0 saturated heterocycles. The minimum absolute atomic E-state index is 0.227. The molecule has 1 aromatic carbocycles. The Hall–Kier alpha value is -2.08. The summed E-state index contributed by atoms with van der Waals surface area (Å²) in [4.78, 5) is 4.25. The SMILES string of the molecule is CC(C)(C)c1cc(CN(c2cccnc2)S(=O)(=O)C2CCC3CCCCC3C2)cc(C(C)(C)C)c1O. The molecule has 198 valence electrons.